The highest BCUT2D eigenvalue weighted by molar-refractivity contribution is 6.15. The second-order valence-electron chi connectivity index (χ2n) is 7.49. The summed E-state index contributed by atoms with van der Waals surface area (Å²) >= 11 is 0. The maximum Gasteiger partial charge on any atom is 0.139 e. The van der Waals surface area contributed by atoms with Crippen molar-refractivity contribution in [3.05, 3.63) is 101 Å². The molecule has 0 spiro atoms. The lowest BCUT2D eigenvalue weighted by Crippen LogP contribution is -2.14. The number of aliphatic imine (C=N–C) groups is 1. The van der Waals surface area contributed by atoms with Gasteiger partial charge in [-0.25, -0.2) is 4.39 Å². The Hall–Kier alpha value is -3.18. The third-order valence-corrected chi connectivity index (χ3v) is 5.32. The summed E-state index contributed by atoms with van der Waals surface area (Å²) < 4.78 is 18.5. The van der Waals surface area contributed by atoms with Crippen LogP contribution in [0.3, 0.4) is 0 Å². The van der Waals surface area contributed by atoms with Gasteiger partial charge in [-0.2, -0.15) is 0 Å². The van der Waals surface area contributed by atoms with Gasteiger partial charge in [0.15, 0.2) is 0 Å². The minimum atomic E-state index is -0.271. The molecular formula is C25H23FN2O2. The van der Waals surface area contributed by atoms with Gasteiger partial charge in [0.1, 0.15) is 11.6 Å². The number of hydrogen-bond acceptors (Lipinski definition) is 4. The molecule has 0 unspecified atom stereocenters. The molecule has 0 amide bonds. The quantitative estimate of drug-likeness (QED) is 0.557. The monoisotopic (exact) mass is 402 g/mol. The number of fused-ring (bicyclic) bond motifs is 1. The highest BCUT2D eigenvalue weighted by Gasteiger charge is 2.21. The van der Waals surface area contributed by atoms with Crippen LogP contribution in [-0.2, 0) is 22.5 Å². The lowest BCUT2D eigenvalue weighted by molar-refractivity contribution is -0.119. The molecule has 5 heteroatoms. The van der Waals surface area contributed by atoms with Crippen molar-refractivity contribution in [1.29, 1.82) is 0 Å². The molecule has 0 saturated carbocycles. The van der Waals surface area contributed by atoms with Gasteiger partial charge in [-0.05, 0) is 41.5 Å². The topological polar surface area (TPSA) is 51.5 Å². The number of carbonyl (C=O) groups is 1. The molecule has 0 N–H and O–H groups in total. The van der Waals surface area contributed by atoms with Gasteiger partial charge in [0.25, 0.3) is 0 Å². The fraction of sp³-hybridized carbons (Fsp3) is 0.240. The van der Waals surface area contributed by atoms with Crippen LogP contribution in [0.1, 0.15) is 40.3 Å². The van der Waals surface area contributed by atoms with Crippen LogP contribution in [-0.4, -0.2) is 30.2 Å². The van der Waals surface area contributed by atoms with Crippen LogP contribution < -0.4 is 0 Å². The number of carbonyl (C=O) groups excluding carboxylic acids is 1. The molecule has 0 radical (unpaired) electrons. The lowest BCUT2D eigenvalue weighted by atomic mass is 9.93. The number of hydrogen-bond donors (Lipinski definition) is 0. The molecule has 1 aliphatic heterocycles. The number of benzene rings is 2. The first-order chi connectivity index (χ1) is 14.6. The van der Waals surface area contributed by atoms with E-state index in [4.69, 9.17) is 4.74 Å². The number of nitrogens with zero attached hydrogens (tertiary/aromatic N) is 2. The number of halogens is 1. The fourth-order valence-electron chi connectivity index (χ4n) is 3.84. The molecule has 2 aromatic carbocycles. The van der Waals surface area contributed by atoms with Crippen molar-refractivity contribution >= 4 is 11.5 Å². The number of ketones is 1. The molecule has 2 heterocycles. The summed E-state index contributed by atoms with van der Waals surface area (Å²) in [6.45, 7) is 1.05. The molecule has 1 aromatic heterocycles. The predicted molar refractivity (Wildman–Crippen MR) is 114 cm³/mol. The van der Waals surface area contributed by atoms with Crippen LogP contribution in [0.25, 0.3) is 0 Å². The molecule has 0 aliphatic carbocycles. The molecule has 0 saturated heterocycles. The normalized spacial score (nSPS) is 13.6. The first-order valence-corrected chi connectivity index (χ1v) is 9.98. The molecule has 152 valence electrons. The van der Waals surface area contributed by atoms with Crippen LogP contribution in [0.15, 0.2) is 71.9 Å². The molecule has 3 aromatic rings. The van der Waals surface area contributed by atoms with E-state index in [0.717, 1.165) is 33.7 Å². The van der Waals surface area contributed by atoms with Crippen molar-refractivity contribution in [2.45, 2.75) is 25.3 Å². The Morgan fingerprint density at radius 1 is 1.13 bits per heavy atom. The molecule has 1 atom stereocenters. The largest absolute Gasteiger partial charge is 0.384 e. The molecule has 4 nitrogen and oxygen atoms in total. The smallest absolute Gasteiger partial charge is 0.139 e. The van der Waals surface area contributed by atoms with E-state index in [2.05, 4.69) is 9.98 Å². The fourth-order valence-corrected chi connectivity index (χ4v) is 3.84. The summed E-state index contributed by atoms with van der Waals surface area (Å²) in [5, 5.41) is 0. The average molecular weight is 402 g/mol. The molecular weight excluding hydrogens is 379 g/mol. The molecule has 1 aliphatic rings. The Kier molecular flexibility index (Phi) is 6.10. The second kappa shape index (κ2) is 9.09. The van der Waals surface area contributed by atoms with Crippen molar-refractivity contribution in [3.8, 4) is 0 Å². The van der Waals surface area contributed by atoms with Gasteiger partial charge in [-0.15, -0.1) is 0 Å². The Labute approximate surface area is 175 Å². The summed E-state index contributed by atoms with van der Waals surface area (Å²) in [5.41, 5.74) is 5.53. The maximum absolute atomic E-state index is 13.2. The minimum absolute atomic E-state index is 0.0338. The molecule has 0 fully saturated rings. The van der Waals surface area contributed by atoms with Gasteiger partial charge in [-0.3, -0.25) is 14.8 Å². The predicted octanol–water partition coefficient (Wildman–Crippen LogP) is 4.50. The number of methoxy groups -OCH3 is 1. The second-order valence-corrected chi connectivity index (χ2v) is 7.49. The number of ether oxygens (including phenoxy) is 1. The van der Waals surface area contributed by atoms with E-state index < -0.39 is 0 Å². The van der Waals surface area contributed by atoms with E-state index in [1.807, 2.05) is 36.4 Å². The summed E-state index contributed by atoms with van der Waals surface area (Å²) in [6.07, 6.45) is 2.47. The Bertz CT molecular complexity index is 1060. The number of rotatable bonds is 8. The van der Waals surface area contributed by atoms with Gasteiger partial charge in [0.05, 0.1) is 18.9 Å². The van der Waals surface area contributed by atoms with Gasteiger partial charge in [0, 0.05) is 48.9 Å². The van der Waals surface area contributed by atoms with Crippen molar-refractivity contribution in [2.24, 2.45) is 4.99 Å². The van der Waals surface area contributed by atoms with Crippen molar-refractivity contribution in [3.63, 3.8) is 0 Å². The Balaban J connectivity index is 1.45. The van der Waals surface area contributed by atoms with Gasteiger partial charge in [-0.1, -0.05) is 30.3 Å². The van der Waals surface area contributed by atoms with Crippen LogP contribution in [0.4, 0.5) is 4.39 Å². The molecule has 30 heavy (non-hydrogen) atoms. The van der Waals surface area contributed by atoms with Crippen LogP contribution in [0.2, 0.25) is 0 Å². The van der Waals surface area contributed by atoms with Crippen LogP contribution >= 0.6 is 0 Å². The van der Waals surface area contributed by atoms with Crippen LogP contribution in [0, 0.1) is 5.82 Å². The zero-order valence-corrected chi connectivity index (χ0v) is 16.8. The zero-order valence-electron chi connectivity index (χ0n) is 16.8. The molecule has 4 rings (SSSR count). The minimum Gasteiger partial charge on any atom is -0.384 e. The van der Waals surface area contributed by atoms with Gasteiger partial charge < -0.3 is 4.74 Å². The van der Waals surface area contributed by atoms with E-state index in [-0.39, 0.29) is 23.9 Å². The maximum atomic E-state index is 13.2. The van der Waals surface area contributed by atoms with Gasteiger partial charge >= 0.3 is 0 Å². The highest BCUT2D eigenvalue weighted by atomic mass is 19.1. The van der Waals surface area contributed by atoms with E-state index in [1.165, 1.54) is 12.1 Å². The lowest BCUT2D eigenvalue weighted by Gasteiger charge is -2.15. The van der Waals surface area contributed by atoms with Crippen molar-refractivity contribution in [1.82, 2.24) is 4.98 Å². The number of pyridine rings is 1. The highest BCUT2D eigenvalue weighted by Crippen LogP contribution is 2.25. The van der Waals surface area contributed by atoms with Gasteiger partial charge in [0.2, 0.25) is 0 Å². The van der Waals surface area contributed by atoms with E-state index in [0.29, 0.717) is 19.6 Å². The first kappa shape index (κ1) is 20.1. The van der Waals surface area contributed by atoms with Crippen LogP contribution in [0.5, 0.6) is 0 Å². The Morgan fingerprint density at radius 3 is 2.63 bits per heavy atom. The van der Waals surface area contributed by atoms with Crippen molar-refractivity contribution < 1.29 is 13.9 Å². The van der Waals surface area contributed by atoms with E-state index >= 15 is 0 Å². The Morgan fingerprint density at radius 2 is 1.90 bits per heavy atom. The van der Waals surface area contributed by atoms with Crippen molar-refractivity contribution in [2.75, 3.05) is 13.7 Å². The zero-order chi connectivity index (χ0) is 20.9. The number of aromatic nitrogens is 1. The third-order valence-electron chi connectivity index (χ3n) is 5.32. The summed E-state index contributed by atoms with van der Waals surface area (Å²) in [4.78, 5) is 21.8. The standard InChI is InChI=1S/C25H23FN2O2/c1-30-16-20(17-5-3-2-4-6-17)12-23(29)13-22-11-19-14-28-25(24(19)15-27-22)18-7-9-21(26)10-8-18/h2-11,15,20H,12-14,16H2,1H3/t20-/m0/s1. The summed E-state index contributed by atoms with van der Waals surface area (Å²) in [7, 11) is 1.65. The SMILES string of the molecule is COC[C@H](CC(=O)Cc1cc2c(cn1)C(c1ccc(F)cc1)=NC2)c1ccccc1. The first-order valence-electron chi connectivity index (χ1n) is 9.98. The summed E-state index contributed by atoms with van der Waals surface area (Å²) in [5.74, 6) is -0.107. The number of Topliss-reactive ketones (excluding diaryl/α,β-unsaturated/α-hetero) is 1. The average Bonchev–Trinajstić information content (AvgIpc) is 3.18. The third kappa shape index (κ3) is 4.52. The molecule has 0 bridgehead atoms. The van der Waals surface area contributed by atoms with E-state index in [9.17, 15) is 9.18 Å². The summed E-state index contributed by atoms with van der Waals surface area (Å²) in [6, 6.07) is 18.2. The van der Waals surface area contributed by atoms with E-state index in [1.54, 1.807) is 25.4 Å².